The second kappa shape index (κ2) is 11.6. The molecule has 0 atom stereocenters. The van der Waals surface area contributed by atoms with Crippen molar-refractivity contribution in [1.82, 2.24) is 4.90 Å². The van der Waals surface area contributed by atoms with Crippen molar-refractivity contribution in [3.63, 3.8) is 0 Å². The fraction of sp³-hybridized carbons (Fsp3) is 0.769. The van der Waals surface area contributed by atoms with Crippen LogP contribution >= 0.6 is 36.2 Å². The molecule has 0 saturated carbocycles. The van der Waals surface area contributed by atoms with Crippen molar-refractivity contribution >= 4 is 51.4 Å². The standard InChI is InChI=1S/C13H23NO2S3/c1-4-10-16-12(15)7-9-14(13(18)19-3)8-5-6-11(2)17/h4-10H2,1-3H3. The van der Waals surface area contributed by atoms with E-state index in [-0.39, 0.29) is 5.97 Å². The number of ether oxygens (including phenoxy) is 1. The first-order valence-electron chi connectivity index (χ1n) is 6.49. The molecule has 0 aliphatic heterocycles. The molecule has 0 amide bonds. The number of thioether (sulfide) groups is 1. The van der Waals surface area contributed by atoms with Crippen molar-refractivity contribution in [3.8, 4) is 0 Å². The van der Waals surface area contributed by atoms with Gasteiger partial charge in [0.25, 0.3) is 0 Å². The van der Waals surface area contributed by atoms with Crippen molar-refractivity contribution in [3.05, 3.63) is 0 Å². The van der Waals surface area contributed by atoms with E-state index >= 15 is 0 Å². The average molecular weight is 322 g/mol. The third-order valence-electron chi connectivity index (χ3n) is 2.44. The van der Waals surface area contributed by atoms with E-state index in [4.69, 9.17) is 29.2 Å². The number of esters is 1. The highest BCUT2D eigenvalue weighted by Gasteiger charge is 2.11. The summed E-state index contributed by atoms with van der Waals surface area (Å²) in [6.45, 7) is 5.90. The molecular weight excluding hydrogens is 298 g/mol. The predicted octanol–water partition coefficient (Wildman–Crippen LogP) is 3.45. The first kappa shape index (κ1) is 18.8. The largest absolute Gasteiger partial charge is 0.466 e. The summed E-state index contributed by atoms with van der Waals surface area (Å²) in [5.74, 6) is -0.151. The minimum atomic E-state index is -0.151. The summed E-state index contributed by atoms with van der Waals surface area (Å²) in [7, 11) is 0. The highest BCUT2D eigenvalue weighted by molar-refractivity contribution is 8.22. The van der Waals surface area contributed by atoms with E-state index < -0.39 is 0 Å². The molecule has 0 fully saturated rings. The van der Waals surface area contributed by atoms with Crippen molar-refractivity contribution in [2.24, 2.45) is 0 Å². The minimum absolute atomic E-state index is 0.151. The lowest BCUT2D eigenvalue weighted by atomic mass is 10.2. The molecule has 0 unspecified atom stereocenters. The van der Waals surface area contributed by atoms with Gasteiger partial charge in [-0.2, -0.15) is 0 Å². The average Bonchev–Trinajstić information content (AvgIpc) is 2.38. The molecule has 0 aliphatic carbocycles. The van der Waals surface area contributed by atoms with Gasteiger partial charge in [0.15, 0.2) is 0 Å². The molecule has 0 aliphatic rings. The second-order valence-electron chi connectivity index (χ2n) is 4.23. The van der Waals surface area contributed by atoms with Gasteiger partial charge >= 0.3 is 5.97 Å². The molecule has 0 aromatic rings. The van der Waals surface area contributed by atoms with E-state index in [1.54, 1.807) is 0 Å². The maximum absolute atomic E-state index is 11.5. The SMILES string of the molecule is CCCOC(=O)CCN(CCCC(C)=S)C(=S)SC. The lowest BCUT2D eigenvalue weighted by Gasteiger charge is -2.23. The topological polar surface area (TPSA) is 29.5 Å². The zero-order valence-electron chi connectivity index (χ0n) is 11.9. The fourth-order valence-electron chi connectivity index (χ4n) is 1.46. The van der Waals surface area contributed by atoms with E-state index in [0.29, 0.717) is 19.6 Å². The smallest absolute Gasteiger partial charge is 0.307 e. The van der Waals surface area contributed by atoms with Crippen molar-refractivity contribution in [2.75, 3.05) is 26.0 Å². The van der Waals surface area contributed by atoms with Crippen LogP contribution in [0.2, 0.25) is 0 Å². The summed E-state index contributed by atoms with van der Waals surface area (Å²) in [5, 5.41) is 0. The van der Waals surface area contributed by atoms with Gasteiger partial charge in [-0.1, -0.05) is 31.4 Å². The monoisotopic (exact) mass is 321 g/mol. The van der Waals surface area contributed by atoms with Crippen LogP contribution in [-0.4, -0.2) is 46.0 Å². The number of carbonyl (C=O) groups is 1. The quantitative estimate of drug-likeness (QED) is 0.477. The number of hydrogen-bond donors (Lipinski definition) is 0. The zero-order valence-corrected chi connectivity index (χ0v) is 14.4. The Bertz CT molecular complexity index is 308. The number of hydrogen-bond acceptors (Lipinski definition) is 5. The van der Waals surface area contributed by atoms with E-state index in [2.05, 4.69) is 4.90 Å². The highest BCUT2D eigenvalue weighted by Crippen LogP contribution is 2.09. The van der Waals surface area contributed by atoms with Crippen LogP contribution < -0.4 is 0 Å². The number of rotatable bonds is 9. The van der Waals surface area contributed by atoms with Gasteiger partial charge in [-0.3, -0.25) is 4.79 Å². The summed E-state index contributed by atoms with van der Waals surface area (Å²) in [5.41, 5.74) is 0. The maximum Gasteiger partial charge on any atom is 0.307 e. The van der Waals surface area contributed by atoms with Crippen LogP contribution in [0, 0.1) is 0 Å². The van der Waals surface area contributed by atoms with Crippen molar-refractivity contribution < 1.29 is 9.53 Å². The van der Waals surface area contributed by atoms with E-state index in [9.17, 15) is 4.79 Å². The van der Waals surface area contributed by atoms with Crippen LogP contribution in [0.5, 0.6) is 0 Å². The van der Waals surface area contributed by atoms with Crippen LogP contribution in [0.1, 0.15) is 39.5 Å². The summed E-state index contributed by atoms with van der Waals surface area (Å²) < 4.78 is 5.89. The van der Waals surface area contributed by atoms with Crippen LogP contribution in [0.25, 0.3) is 0 Å². The third kappa shape index (κ3) is 10.3. The summed E-state index contributed by atoms with van der Waals surface area (Å²) in [4.78, 5) is 14.6. The molecule has 0 heterocycles. The first-order valence-corrected chi connectivity index (χ1v) is 8.53. The molecule has 0 rings (SSSR count). The van der Waals surface area contributed by atoms with Crippen LogP contribution in [0.4, 0.5) is 0 Å². The van der Waals surface area contributed by atoms with Gasteiger partial charge in [-0.05, 0) is 37.3 Å². The number of carbonyl (C=O) groups excluding carboxylic acids is 1. The van der Waals surface area contributed by atoms with Gasteiger partial charge in [0.1, 0.15) is 4.32 Å². The highest BCUT2D eigenvalue weighted by atomic mass is 32.2. The molecule has 0 saturated heterocycles. The Labute approximate surface area is 131 Å². The molecule has 6 heteroatoms. The first-order chi connectivity index (χ1) is 9.01. The Morgan fingerprint density at radius 1 is 1.26 bits per heavy atom. The second-order valence-corrected chi connectivity index (χ2v) is 6.37. The van der Waals surface area contributed by atoms with Gasteiger partial charge < -0.3 is 9.64 Å². The molecule has 0 N–H and O–H groups in total. The lowest BCUT2D eigenvalue weighted by Crippen LogP contribution is -2.31. The van der Waals surface area contributed by atoms with Crippen molar-refractivity contribution in [1.29, 1.82) is 0 Å². The summed E-state index contributed by atoms with van der Waals surface area (Å²) >= 11 is 11.9. The number of nitrogens with zero attached hydrogens (tertiary/aromatic N) is 1. The van der Waals surface area contributed by atoms with Gasteiger partial charge in [-0.15, -0.1) is 11.8 Å². The van der Waals surface area contributed by atoms with Gasteiger partial charge in [0, 0.05) is 13.1 Å². The molecular formula is C13H23NO2S3. The molecule has 0 spiro atoms. The van der Waals surface area contributed by atoms with Crippen LogP contribution in [0.3, 0.4) is 0 Å². The Morgan fingerprint density at radius 2 is 1.95 bits per heavy atom. The number of thiocarbonyl (C=S) groups is 2. The molecule has 0 bridgehead atoms. The summed E-state index contributed by atoms with van der Waals surface area (Å²) in [6, 6.07) is 0. The van der Waals surface area contributed by atoms with Gasteiger partial charge in [0.2, 0.25) is 0 Å². The Hall–Kier alpha value is -0.200. The fourth-order valence-corrected chi connectivity index (χ4v) is 2.22. The Kier molecular flexibility index (Phi) is 11.5. The Morgan fingerprint density at radius 3 is 2.47 bits per heavy atom. The lowest BCUT2D eigenvalue weighted by molar-refractivity contribution is -0.143. The molecule has 110 valence electrons. The van der Waals surface area contributed by atoms with E-state index in [0.717, 1.165) is 35.0 Å². The maximum atomic E-state index is 11.5. The zero-order chi connectivity index (χ0) is 14.7. The minimum Gasteiger partial charge on any atom is -0.466 e. The molecule has 3 nitrogen and oxygen atoms in total. The Balaban J connectivity index is 4.09. The van der Waals surface area contributed by atoms with Gasteiger partial charge in [0.05, 0.1) is 13.0 Å². The molecule has 19 heavy (non-hydrogen) atoms. The van der Waals surface area contributed by atoms with E-state index in [1.807, 2.05) is 20.1 Å². The molecule has 0 radical (unpaired) electrons. The normalized spacial score (nSPS) is 10.1. The van der Waals surface area contributed by atoms with Gasteiger partial charge in [-0.25, -0.2) is 0 Å². The van der Waals surface area contributed by atoms with Crippen LogP contribution in [-0.2, 0) is 9.53 Å². The van der Waals surface area contributed by atoms with Crippen LogP contribution in [0.15, 0.2) is 0 Å². The third-order valence-corrected chi connectivity index (χ3v) is 4.01. The predicted molar refractivity (Wildman–Crippen MR) is 91.1 cm³/mol. The van der Waals surface area contributed by atoms with Crippen molar-refractivity contribution in [2.45, 2.75) is 39.5 Å². The molecule has 0 aromatic carbocycles. The molecule has 0 aromatic heterocycles. The summed E-state index contributed by atoms with van der Waals surface area (Å²) in [6.07, 6.45) is 5.09. The van der Waals surface area contributed by atoms with E-state index in [1.165, 1.54) is 11.8 Å².